The van der Waals surface area contributed by atoms with Crippen LogP contribution in [0.4, 0.5) is 0 Å². The third-order valence-corrected chi connectivity index (χ3v) is 5.62. The Bertz CT molecular complexity index is 1220. The molecule has 34 heavy (non-hydrogen) atoms. The fraction of sp³-hybridized carbons (Fsp3) is 0.333. The summed E-state index contributed by atoms with van der Waals surface area (Å²) < 4.78 is 17.4. The topological polar surface area (TPSA) is 106 Å². The summed E-state index contributed by atoms with van der Waals surface area (Å²) in [6, 6.07) is 6.79. The Morgan fingerprint density at radius 2 is 1.74 bits per heavy atom. The van der Waals surface area contributed by atoms with Crippen LogP contribution in [-0.4, -0.2) is 35.2 Å². The number of rotatable bonds is 12. The first-order valence-corrected chi connectivity index (χ1v) is 11.3. The van der Waals surface area contributed by atoms with E-state index in [0.717, 1.165) is 17.4 Å². The Hall–Kier alpha value is -3.74. The number of carboxylic acids is 1. The van der Waals surface area contributed by atoms with E-state index in [1.807, 2.05) is 6.92 Å². The minimum absolute atomic E-state index is 0.0123. The lowest BCUT2D eigenvalue weighted by atomic mass is 10.0. The van der Waals surface area contributed by atoms with Crippen molar-refractivity contribution >= 4 is 22.7 Å². The molecule has 0 bridgehead atoms. The molecule has 0 aliphatic heterocycles. The number of carboxylic acid groups (broad SMARTS) is 1. The highest BCUT2D eigenvalue weighted by Gasteiger charge is 2.21. The van der Waals surface area contributed by atoms with Crippen molar-refractivity contribution in [2.45, 2.75) is 46.5 Å². The minimum atomic E-state index is -1.11. The summed E-state index contributed by atoms with van der Waals surface area (Å²) in [4.78, 5) is 23.2. The summed E-state index contributed by atoms with van der Waals surface area (Å²) >= 11 is 0. The lowest BCUT2D eigenvalue weighted by Crippen LogP contribution is -2.08. The predicted molar refractivity (Wildman–Crippen MR) is 130 cm³/mol. The number of hydrogen-bond donors (Lipinski definition) is 2. The first kappa shape index (κ1) is 24.9. The van der Waals surface area contributed by atoms with Crippen LogP contribution in [0.2, 0.25) is 0 Å². The van der Waals surface area contributed by atoms with E-state index in [-0.39, 0.29) is 17.3 Å². The zero-order chi connectivity index (χ0) is 24.8. The van der Waals surface area contributed by atoms with E-state index in [1.165, 1.54) is 6.92 Å². The molecule has 3 aromatic rings. The van der Waals surface area contributed by atoms with Gasteiger partial charge in [0, 0.05) is 28.5 Å². The third kappa shape index (κ3) is 5.09. The van der Waals surface area contributed by atoms with Crippen LogP contribution in [0, 0.1) is 6.92 Å². The number of Topliss-reactive ketones (excluding diaryl/α,β-unsaturated/α-hetero) is 1. The van der Waals surface area contributed by atoms with E-state index in [4.69, 9.17) is 13.9 Å². The smallest absolute Gasteiger partial charge is 0.372 e. The molecule has 0 amide bonds. The Morgan fingerprint density at radius 1 is 1.09 bits per heavy atom. The van der Waals surface area contributed by atoms with Crippen molar-refractivity contribution in [1.82, 2.24) is 0 Å². The van der Waals surface area contributed by atoms with Gasteiger partial charge in [0.1, 0.15) is 22.8 Å². The number of aromatic hydroxyl groups is 1. The van der Waals surface area contributed by atoms with Crippen molar-refractivity contribution in [3.8, 4) is 17.2 Å². The number of allylic oxidation sites excluding steroid dienone is 1. The fourth-order valence-electron chi connectivity index (χ4n) is 4.04. The third-order valence-electron chi connectivity index (χ3n) is 5.62. The predicted octanol–water partition coefficient (Wildman–Crippen LogP) is 5.88. The van der Waals surface area contributed by atoms with Gasteiger partial charge in [-0.25, -0.2) is 4.79 Å². The minimum Gasteiger partial charge on any atom is -0.507 e. The second kappa shape index (κ2) is 10.9. The Morgan fingerprint density at radius 3 is 2.32 bits per heavy atom. The number of carbonyl (C=O) groups is 2. The van der Waals surface area contributed by atoms with Crippen LogP contribution in [0.1, 0.15) is 64.3 Å². The van der Waals surface area contributed by atoms with Crippen LogP contribution in [-0.2, 0) is 12.8 Å². The second-order valence-corrected chi connectivity index (χ2v) is 8.06. The van der Waals surface area contributed by atoms with Crippen molar-refractivity contribution in [3.05, 3.63) is 64.9 Å². The Kier molecular flexibility index (Phi) is 7.99. The number of ether oxygens (including phenoxy) is 2. The molecule has 0 saturated heterocycles. The van der Waals surface area contributed by atoms with Crippen molar-refractivity contribution < 1.29 is 33.7 Å². The molecule has 0 atom stereocenters. The SMILES string of the molecule is C=CCc1c(OCCCOc2ccc(C(C)=O)c(O)c2CCC)ccc2oc(C(=O)O)c(C)c12. The normalized spacial score (nSPS) is 10.9. The standard InChI is InChI=1S/C27H30O7/c1-5-8-19-21(12-13-23-24(19)16(3)26(34-23)27(30)31)32-14-7-15-33-22-11-10-18(17(4)28)25(29)20(22)9-6-2/h5,10-13,29H,1,6-9,14-15H2,2-4H3,(H,30,31). The van der Waals surface area contributed by atoms with E-state index in [1.54, 1.807) is 37.3 Å². The molecule has 0 radical (unpaired) electrons. The van der Waals surface area contributed by atoms with Crippen LogP contribution in [0.25, 0.3) is 11.0 Å². The average Bonchev–Trinajstić information content (AvgIpc) is 3.13. The quantitative estimate of drug-likeness (QED) is 0.195. The number of hydrogen-bond acceptors (Lipinski definition) is 6. The molecule has 0 unspecified atom stereocenters. The first-order chi connectivity index (χ1) is 16.3. The van der Waals surface area contributed by atoms with Crippen LogP contribution in [0.5, 0.6) is 17.2 Å². The molecule has 7 heteroatoms. The van der Waals surface area contributed by atoms with Gasteiger partial charge in [-0.2, -0.15) is 0 Å². The maximum atomic E-state index is 11.7. The van der Waals surface area contributed by atoms with Gasteiger partial charge in [0.15, 0.2) is 5.78 Å². The molecule has 0 saturated carbocycles. The van der Waals surface area contributed by atoms with Gasteiger partial charge < -0.3 is 24.1 Å². The number of ketones is 1. The summed E-state index contributed by atoms with van der Waals surface area (Å²) in [6.07, 6.45) is 4.23. The van der Waals surface area contributed by atoms with Gasteiger partial charge in [-0.3, -0.25) is 4.79 Å². The van der Waals surface area contributed by atoms with Crippen molar-refractivity contribution in [3.63, 3.8) is 0 Å². The van der Waals surface area contributed by atoms with Gasteiger partial charge in [-0.1, -0.05) is 19.4 Å². The van der Waals surface area contributed by atoms with Crippen LogP contribution in [0.3, 0.4) is 0 Å². The number of phenols is 1. The van der Waals surface area contributed by atoms with E-state index in [2.05, 4.69) is 6.58 Å². The highest BCUT2D eigenvalue weighted by atomic mass is 16.5. The van der Waals surface area contributed by atoms with Gasteiger partial charge in [-0.15, -0.1) is 6.58 Å². The molecule has 7 nitrogen and oxygen atoms in total. The fourth-order valence-corrected chi connectivity index (χ4v) is 4.04. The van der Waals surface area contributed by atoms with E-state index in [9.17, 15) is 19.8 Å². The highest BCUT2D eigenvalue weighted by molar-refractivity contribution is 5.98. The summed E-state index contributed by atoms with van der Waals surface area (Å²) in [5, 5.41) is 20.6. The van der Waals surface area contributed by atoms with Crippen molar-refractivity contribution in [2.24, 2.45) is 0 Å². The molecule has 0 aliphatic rings. The monoisotopic (exact) mass is 466 g/mol. The number of phenolic OH excluding ortho intramolecular Hbond substituents is 1. The highest BCUT2D eigenvalue weighted by Crippen LogP contribution is 2.35. The zero-order valence-corrected chi connectivity index (χ0v) is 19.8. The molecular formula is C27H30O7. The summed E-state index contributed by atoms with van der Waals surface area (Å²) in [6.45, 7) is 9.68. The number of benzene rings is 2. The van der Waals surface area contributed by atoms with Gasteiger partial charge in [0.05, 0.1) is 18.8 Å². The maximum absolute atomic E-state index is 11.7. The van der Waals surface area contributed by atoms with Gasteiger partial charge in [0.25, 0.3) is 0 Å². The molecule has 3 rings (SSSR count). The summed E-state index contributed by atoms with van der Waals surface area (Å²) in [5.74, 6) is -0.181. The van der Waals surface area contributed by atoms with Crippen LogP contribution in [0.15, 0.2) is 41.3 Å². The van der Waals surface area contributed by atoms with Gasteiger partial charge in [-0.05, 0) is 51.0 Å². The number of aromatic carboxylic acids is 1. The van der Waals surface area contributed by atoms with Gasteiger partial charge in [0.2, 0.25) is 5.76 Å². The van der Waals surface area contributed by atoms with E-state index >= 15 is 0 Å². The molecular weight excluding hydrogens is 436 g/mol. The van der Waals surface area contributed by atoms with Crippen LogP contribution >= 0.6 is 0 Å². The zero-order valence-electron chi connectivity index (χ0n) is 19.8. The van der Waals surface area contributed by atoms with E-state index in [0.29, 0.717) is 66.2 Å². The largest absolute Gasteiger partial charge is 0.507 e. The lowest BCUT2D eigenvalue weighted by Gasteiger charge is -2.15. The number of aryl methyl sites for hydroxylation is 1. The molecule has 1 heterocycles. The molecule has 0 aliphatic carbocycles. The molecule has 1 aromatic heterocycles. The lowest BCUT2D eigenvalue weighted by molar-refractivity contribution is 0.0663. The average molecular weight is 467 g/mol. The van der Waals surface area contributed by atoms with Gasteiger partial charge >= 0.3 is 5.97 Å². The summed E-state index contributed by atoms with van der Waals surface area (Å²) in [7, 11) is 0. The van der Waals surface area contributed by atoms with E-state index < -0.39 is 5.97 Å². The first-order valence-electron chi connectivity index (χ1n) is 11.3. The molecule has 0 spiro atoms. The van der Waals surface area contributed by atoms with Crippen molar-refractivity contribution in [2.75, 3.05) is 13.2 Å². The molecule has 2 aromatic carbocycles. The Labute approximate surface area is 198 Å². The number of carbonyl (C=O) groups excluding carboxylic acids is 1. The molecule has 0 fully saturated rings. The molecule has 180 valence electrons. The number of fused-ring (bicyclic) bond motifs is 1. The molecule has 2 N–H and O–H groups in total. The summed E-state index contributed by atoms with van der Waals surface area (Å²) in [5.41, 5.74) is 2.83. The second-order valence-electron chi connectivity index (χ2n) is 8.06. The Balaban J connectivity index is 1.70. The van der Waals surface area contributed by atoms with Crippen molar-refractivity contribution in [1.29, 1.82) is 0 Å². The van der Waals surface area contributed by atoms with Crippen LogP contribution < -0.4 is 9.47 Å². The maximum Gasteiger partial charge on any atom is 0.372 e. The number of furan rings is 1.